The van der Waals surface area contributed by atoms with Crippen molar-refractivity contribution in [2.45, 2.75) is 24.9 Å². The standard InChI is InChI=1S/C18H16O6/c1-20-16-11-3-2-9(19)6-14(11)24-17-10-4-5-13-15(23-8-22-13)12(10)7-21-18(16)17/h2-6,16-19H,7-8H2,1H3. The van der Waals surface area contributed by atoms with Crippen molar-refractivity contribution in [2.75, 3.05) is 13.9 Å². The summed E-state index contributed by atoms with van der Waals surface area (Å²) in [6.07, 6.45) is -0.861. The van der Waals surface area contributed by atoms with Crippen LogP contribution in [0.1, 0.15) is 28.9 Å². The number of hydrogen-bond acceptors (Lipinski definition) is 6. The van der Waals surface area contributed by atoms with Gasteiger partial charge in [0.25, 0.3) is 0 Å². The zero-order chi connectivity index (χ0) is 16.3. The fraction of sp³-hybridized carbons (Fsp3) is 0.333. The molecule has 0 radical (unpaired) electrons. The number of phenolic OH excluding ortho intramolecular Hbond substituents is 1. The zero-order valence-electron chi connectivity index (χ0n) is 13.0. The summed E-state index contributed by atoms with van der Waals surface area (Å²) >= 11 is 0. The summed E-state index contributed by atoms with van der Waals surface area (Å²) in [7, 11) is 1.65. The van der Waals surface area contributed by atoms with Crippen LogP contribution in [-0.4, -0.2) is 25.1 Å². The Bertz CT molecular complexity index is 817. The molecule has 3 aliphatic heterocycles. The molecule has 0 aliphatic carbocycles. The maximum atomic E-state index is 9.78. The summed E-state index contributed by atoms with van der Waals surface area (Å²) in [5.41, 5.74) is 2.83. The Hall–Kier alpha value is -2.44. The first-order chi connectivity index (χ1) is 11.8. The van der Waals surface area contributed by atoms with Crippen LogP contribution in [0, 0.1) is 0 Å². The Morgan fingerprint density at radius 2 is 1.96 bits per heavy atom. The molecule has 1 N–H and O–H groups in total. The highest BCUT2D eigenvalue weighted by atomic mass is 16.7. The Labute approximate surface area is 138 Å². The molecule has 0 bridgehead atoms. The number of methoxy groups -OCH3 is 1. The minimum atomic E-state index is -0.331. The molecular formula is C18H16O6. The topological polar surface area (TPSA) is 66.4 Å². The molecule has 0 amide bonds. The monoisotopic (exact) mass is 328 g/mol. The molecule has 0 saturated carbocycles. The van der Waals surface area contributed by atoms with Crippen molar-refractivity contribution >= 4 is 0 Å². The van der Waals surface area contributed by atoms with Gasteiger partial charge in [-0.15, -0.1) is 0 Å². The zero-order valence-corrected chi connectivity index (χ0v) is 13.0. The van der Waals surface area contributed by atoms with Gasteiger partial charge in [-0.25, -0.2) is 0 Å². The van der Waals surface area contributed by atoms with Crippen LogP contribution in [0.15, 0.2) is 30.3 Å². The summed E-state index contributed by atoms with van der Waals surface area (Å²) in [6, 6.07) is 8.94. The Balaban J connectivity index is 1.64. The van der Waals surface area contributed by atoms with Gasteiger partial charge in [0.1, 0.15) is 23.7 Å². The predicted octanol–water partition coefficient (Wildman–Crippen LogP) is 2.84. The maximum Gasteiger partial charge on any atom is 0.231 e. The number of phenols is 1. The average molecular weight is 328 g/mol. The van der Waals surface area contributed by atoms with Crippen LogP contribution in [0.25, 0.3) is 0 Å². The van der Waals surface area contributed by atoms with E-state index in [1.54, 1.807) is 19.2 Å². The lowest BCUT2D eigenvalue weighted by Crippen LogP contribution is -2.40. The molecule has 5 rings (SSSR count). The quantitative estimate of drug-likeness (QED) is 0.868. The van der Waals surface area contributed by atoms with Crippen molar-refractivity contribution in [1.29, 1.82) is 0 Å². The number of rotatable bonds is 1. The fourth-order valence-electron chi connectivity index (χ4n) is 3.72. The molecule has 0 saturated heterocycles. The number of hydrogen-bond donors (Lipinski definition) is 1. The smallest absolute Gasteiger partial charge is 0.231 e. The molecule has 0 fully saturated rings. The van der Waals surface area contributed by atoms with Crippen molar-refractivity contribution in [1.82, 2.24) is 0 Å². The molecule has 0 aromatic heterocycles. The van der Waals surface area contributed by atoms with Gasteiger partial charge in [-0.2, -0.15) is 0 Å². The van der Waals surface area contributed by atoms with Crippen molar-refractivity contribution in [2.24, 2.45) is 0 Å². The lowest BCUT2D eigenvalue weighted by atomic mass is 9.87. The van der Waals surface area contributed by atoms with Gasteiger partial charge in [0.05, 0.1) is 6.61 Å². The second-order valence-corrected chi connectivity index (χ2v) is 6.06. The van der Waals surface area contributed by atoms with E-state index in [0.717, 1.165) is 28.2 Å². The highest BCUT2D eigenvalue weighted by Crippen LogP contribution is 2.51. The number of aromatic hydroxyl groups is 1. The van der Waals surface area contributed by atoms with Crippen LogP contribution < -0.4 is 14.2 Å². The van der Waals surface area contributed by atoms with Crippen LogP contribution >= 0.6 is 0 Å². The van der Waals surface area contributed by atoms with Crippen molar-refractivity contribution < 1.29 is 28.8 Å². The van der Waals surface area contributed by atoms with E-state index in [2.05, 4.69) is 0 Å². The highest BCUT2D eigenvalue weighted by Gasteiger charge is 2.45. The van der Waals surface area contributed by atoms with Gasteiger partial charge >= 0.3 is 0 Å². The third-order valence-corrected chi connectivity index (χ3v) is 4.81. The molecule has 3 aliphatic rings. The van der Waals surface area contributed by atoms with Crippen molar-refractivity contribution in [3.8, 4) is 23.0 Å². The second kappa shape index (κ2) is 5.03. The second-order valence-electron chi connectivity index (χ2n) is 6.06. The molecule has 0 spiro atoms. The molecule has 3 atom stereocenters. The van der Waals surface area contributed by atoms with E-state index < -0.39 is 0 Å². The van der Waals surface area contributed by atoms with Crippen LogP contribution in [0.4, 0.5) is 0 Å². The first-order valence-electron chi connectivity index (χ1n) is 7.81. The van der Waals surface area contributed by atoms with E-state index in [0.29, 0.717) is 12.4 Å². The van der Waals surface area contributed by atoms with E-state index in [1.165, 1.54) is 0 Å². The normalized spacial score (nSPS) is 26.1. The fourth-order valence-corrected chi connectivity index (χ4v) is 3.72. The van der Waals surface area contributed by atoms with E-state index in [1.807, 2.05) is 18.2 Å². The summed E-state index contributed by atoms with van der Waals surface area (Å²) in [6.45, 7) is 0.637. The third kappa shape index (κ3) is 1.84. The van der Waals surface area contributed by atoms with Crippen molar-refractivity contribution in [3.05, 3.63) is 47.0 Å². The SMILES string of the molecule is COC1c2ccc(O)cc2OC2c3ccc4c(c3COC12)OCO4. The molecule has 3 unspecified atom stereocenters. The molecule has 2 aromatic carbocycles. The lowest BCUT2D eigenvalue weighted by Gasteiger charge is -2.42. The van der Waals surface area contributed by atoms with Gasteiger partial charge in [-0.3, -0.25) is 0 Å². The van der Waals surface area contributed by atoms with Crippen LogP contribution in [-0.2, 0) is 16.1 Å². The number of benzene rings is 2. The van der Waals surface area contributed by atoms with Gasteiger partial charge in [0.2, 0.25) is 6.79 Å². The minimum Gasteiger partial charge on any atom is -0.508 e. The summed E-state index contributed by atoms with van der Waals surface area (Å²) in [5.74, 6) is 2.22. The van der Waals surface area contributed by atoms with Gasteiger partial charge in [0.15, 0.2) is 17.6 Å². The molecule has 6 nitrogen and oxygen atoms in total. The van der Waals surface area contributed by atoms with E-state index in [4.69, 9.17) is 23.7 Å². The van der Waals surface area contributed by atoms with Gasteiger partial charge in [-0.1, -0.05) is 6.07 Å². The Morgan fingerprint density at radius 3 is 2.83 bits per heavy atom. The van der Waals surface area contributed by atoms with Gasteiger partial charge < -0.3 is 28.8 Å². The lowest BCUT2D eigenvalue weighted by molar-refractivity contribution is -0.138. The van der Waals surface area contributed by atoms with Crippen LogP contribution in [0.5, 0.6) is 23.0 Å². The Kier molecular flexibility index (Phi) is 2.92. The molecule has 24 heavy (non-hydrogen) atoms. The van der Waals surface area contributed by atoms with Gasteiger partial charge in [-0.05, 0) is 18.2 Å². The molecule has 6 heteroatoms. The predicted molar refractivity (Wildman–Crippen MR) is 82.4 cm³/mol. The first-order valence-corrected chi connectivity index (χ1v) is 7.81. The first kappa shape index (κ1) is 13.9. The maximum absolute atomic E-state index is 9.78. The summed E-state index contributed by atoms with van der Waals surface area (Å²) in [5, 5.41) is 9.78. The summed E-state index contributed by atoms with van der Waals surface area (Å²) in [4.78, 5) is 0. The highest BCUT2D eigenvalue weighted by molar-refractivity contribution is 5.55. The van der Waals surface area contributed by atoms with E-state index in [-0.39, 0.29) is 30.9 Å². The van der Waals surface area contributed by atoms with E-state index >= 15 is 0 Å². The van der Waals surface area contributed by atoms with Crippen molar-refractivity contribution in [3.63, 3.8) is 0 Å². The number of fused-ring (bicyclic) bond motifs is 6. The average Bonchev–Trinajstić information content (AvgIpc) is 3.08. The molecular weight excluding hydrogens is 312 g/mol. The minimum absolute atomic E-state index is 0.157. The molecule has 124 valence electrons. The van der Waals surface area contributed by atoms with Crippen LogP contribution in [0.3, 0.4) is 0 Å². The molecule has 2 aromatic rings. The third-order valence-electron chi connectivity index (χ3n) is 4.81. The largest absolute Gasteiger partial charge is 0.508 e. The number of ether oxygens (including phenoxy) is 5. The molecule has 3 heterocycles. The van der Waals surface area contributed by atoms with Crippen LogP contribution in [0.2, 0.25) is 0 Å². The van der Waals surface area contributed by atoms with E-state index in [9.17, 15) is 5.11 Å². The summed E-state index contributed by atoms with van der Waals surface area (Å²) < 4.78 is 29.0. The Morgan fingerprint density at radius 1 is 1.08 bits per heavy atom. The van der Waals surface area contributed by atoms with Gasteiger partial charge in [0, 0.05) is 29.9 Å².